The van der Waals surface area contributed by atoms with Crippen LogP contribution in [0, 0.1) is 5.92 Å². The van der Waals surface area contributed by atoms with Gasteiger partial charge in [0, 0.05) is 29.0 Å². The van der Waals surface area contributed by atoms with Crippen LogP contribution in [0.2, 0.25) is 0 Å². The van der Waals surface area contributed by atoms with Crippen LogP contribution in [0.25, 0.3) is 0 Å². The van der Waals surface area contributed by atoms with Crippen LogP contribution in [0.1, 0.15) is 17.7 Å². The average molecular weight is 383 g/mol. The maximum absolute atomic E-state index is 12.1. The average Bonchev–Trinajstić information content (AvgIpc) is 2.82. The molecule has 0 saturated carbocycles. The molecule has 20 heavy (non-hydrogen) atoms. The minimum atomic E-state index is -3.55. The van der Waals surface area contributed by atoms with Gasteiger partial charge in [0.15, 0.2) is 0 Å². The van der Waals surface area contributed by atoms with Gasteiger partial charge in [0.2, 0.25) is 0 Å². The van der Waals surface area contributed by atoms with Crippen molar-refractivity contribution in [2.45, 2.75) is 19.4 Å². The molecule has 0 spiro atoms. The van der Waals surface area contributed by atoms with E-state index in [9.17, 15) is 13.2 Å². The van der Waals surface area contributed by atoms with Crippen molar-refractivity contribution in [1.29, 1.82) is 0 Å². The van der Waals surface area contributed by atoms with Gasteiger partial charge in [-0.25, -0.2) is 0 Å². The van der Waals surface area contributed by atoms with E-state index in [1.54, 1.807) is 0 Å². The molecule has 1 saturated heterocycles. The van der Waals surface area contributed by atoms with E-state index in [-0.39, 0.29) is 19.6 Å². The third-order valence-electron chi connectivity index (χ3n) is 3.25. The molecule has 112 valence electrons. The molecule has 0 radical (unpaired) electrons. The standard InChI is InChI=1S/C11H15BrN2O4S2/c12-9-3-6-19-10(9)7-13-20(17,18)14-4-1-8(2-5-14)11(15)16/h3,6,8,13H,1-2,4-5,7H2,(H,15,16). The number of hydrogen-bond donors (Lipinski definition) is 2. The molecule has 1 aromatic heterocycles. The maximum atomic E-state index is 12.1. The molecule has 1 aliphatic heterocycles. The van der Waals surface area contributed by atoms with Crippen molar-refractivity contribution in [2.24, 2.45) is 5.92 Å². The summed E-state index contributed by atoms with van der Waals surface area (Å²) < 4.78 is 29.0. The van der Waals surface area contributed by atoms with Gasteiger partial charge in [0.25, 0.3) is 10.2 Å². The fourth-order valence-electron chi connectivity index (χ4n) is 2.04. The predicted octanol–water partition coefficient (Wildman–Crippen LogP) is 1.64. The number of aliphatic carboxylic acids is 1. The lowest BCUT2D eigenvalue weighted by Crippen LogP contribution is -2.45. The van der Waals surface area contributed by atoms with Crippen LogP contribution in [0.5, 0.6) is 0 Å². The Kier molecular flexibility index (Phi) is 5.19. The first-order chi connectivity index (χ1) is 9.40. The Hall–Kier alpha value is -0.480. The first-order valence-corrected chi connectivity index (χ1v) is 9.21. The third kappa shape index (κ3) is 3.79. The van der Waals surface area contributed by atoms with Crippen molar-refractivity contribution < 1.29 is 18.3 Å². The minimum absolute atomic E-state index is 0.236. The molecule has 0 amide bonds. The zero-order chi connectivity index (χ0) is 14.8. The summed E-state index contributed by atoms with van der Waals surface area (Å²) in [5, 5.41) is 10.8. The fraction of sp³-hybridized carbons (Fsp3) is 0.545. The van der Waals surface area contributed by atoms with E-state index < -0.39 is 22.1 Å². The Labute approximate surface area is 130 Å². The van der Waals surface area contributed by atoms with Gasteiger partial charge in [-0.15, -0.1) is 11.3 Å². The Bertz CT molecular complexity index is 579. The molecule has 1 aliphatic rings. The number of carboxylic acid groups (broad SMARTS) is 1. The minimum Gasteiger partial charge on any atom is -0.481 e. The van der Waals surface area contributed by atoms with Crippen molar-refractivity contribution >= 4 is 43.4 Å². The van der Waals surface area contributed by atoms with Gasteiger partial charge < -0.3 is 5.11 Å². The molecule has 9 heteroatoms. The quantitative estimate of drug-likeness (QED) is 0.810. The fourth-order valence-corrected chi connectivity index (χ4v) is 4.77. The SMILES string of the molecule is O=C(O)C1CCN(S(=O)(=O)NCc2sccc2Br)CC1. The highest BCUT2D eigenvalue weighted by Crippen LogP contribution is 2.23. The highest BCUT2D eigenvalue weighted by Gasteiger charge is 2.30. The summed E-state index contributed by atoms with van der Waals surface area (Å²) in [5.74, 6) is -1.29. The number of carbonyl (C=O) groups is 1. The van der Waals surface area contributed by atoms with Gasteiger partial charge in [-0.2, -0.15) is 17.4 Å². The summed E-state index contributed by atoms with van der Waals surface area (Å²) in [6, 6.07) is 1.87. The number of thiophene rings is 1. The molecule has 0 aliphatic carbocycles. The summed E-state index contributed by atoms with van der Waals surface area (Å²) in [5.41, 5.74) is 0. The molecule has 2 N–H and O–H groups in total. The van der Waals surface area contributed by atoms with Crippen LogP contribution >= 0.6 is 27.3 Å². The first-order valence-electron chi connectivity index (χ1n) is 6.09. The second-order valence-corrected chi connectivity index (χ2v) is 8.14. The lowest BCUT2D eigenvalue weighted by Gasteiger charge is -2.29. The van der Waals surface area contributed by atoms with Gasteiger partial charge in [-0.1, -0.05) is 0 Å². The summed E-state index contributed by atoms with van der Waals surface area (Å²) in [6.45, 7) is 0.731. The molecule has 2 heterocycles. The van der Waals surface area contributed by atoms with Gasteiger partial charge >= 0.3 is 5.97 Å². The van der Waals surface area contributed by atoms with E-state index in [1.807, 2.05) is 11.4 Å². The lowest BCUT2D eigenvalue weighted by molar-refractivity contribution is -0.142. The predicted molar refractivity (Wildman–Crippen MR) is 79.7 cm³/mol. The number of halogens is 1. The Morgan fingerprint density at radius 1 is 1.50 bits per heavy atom. The van der Waals surface area contributed by atoms with Crippen LogP contribution in [-0.4, -0.2) is 36.9 Å². The van der Waals surface area contributed by atoms with Crippen LogP contribution in [0.3, 0.4) is 0 Å². The van der Waals surface area contributed by atoms with Crippen molar-refractivity contribution in [2.75, 3.05) is 13.1 Å². The topological polar surface area (TPSA) is 86.7 Å². The van der Waals surface area contributed by atoms with Crippen molar-refractivity contribution in [3.8, 4) is 0 Å². The molecule has 0 atom stereocenters. The van der Waals surface area contributed by atoms with E-state index >= 15 is 0 Å². The van der Waals surface area contributed by atoms with Crippen molar-refractivity contribution in [3.05, 3.63) is 20.8 Å². The molecule has 1 fully saturated rings. The second-order valence-electron chi connectivity index (χ2n) is 4.53. The monoisotopic (exact) mass is 382 g/mol. The van der Waals surface area contributed by atoms with E-state index in [0.717, 1.165) is 9.35 Å². The summed E-state index contributed by atoms with van der Waals surface area (Å²) in [7, 11) is -3.55. The van der Waals surface area contributed by atoms with Crippen LogP contribution in [0.4, 0.5) is 0 Å². The molecule has 0 aromatic carbocycles. The van der Waals surface area contributed by atoms with E-state index in [0.29, 0.717) is 12.8 Å². The van der Waals surface area contributed by atoms with Crippen LogP contribution in [0.15, 0.2) is 15.9 Å². The van der Waals surface area contributed by atoms with Crippen LogP contribution < -0.4 is 4.72 Å². The van der Waals surface area contributed by atoms with Crippen molar-refractivity contribution in [3.63, 3.8) is 0 Å². The zero-order valence-electron chi connectivity index (χ0n) is 10.6. The highest BCUT2D eigenvalue weighted by molar-refractivity contribution is 9.10. The summed E-state index contributed by atoms with van der Waals surface area (Å²) in [6.07, 6.45) is 0.720. The molecule has 1 aromatic rings. The van der Waals surface area contributed by atoms with Gasteiger partial charge in [-0.05, 0) is 40.2 Å². The van der Waals surface area contributed by atoms with Gasteiger partial charge in [-0.3, -0.25) is 4.79 Å². The highest BCUT2D eigenvalue weighted by atomic mass is 79.9. The third-order valence-corrected chi connectivity index (χ3v) is 6.73. The lowest BCUT2D eigenvalue weighted by atomic mass is 9.99. The number of nitrogens with zero attached hydrogens (tertiary/aromatic N) is 1. The molecular weight excluding hydrogens is 368 g/mol. The van der Waals surface area contributed by atoms with E-state index in [1.165, 1.54) is 15.6 Å². The van der Waals surface area contributed by atoms with Gasteiger partial charge in [0.05, 0.1) is 5.92 Å². The molecule has 2 rings (SSSR count). The smallest absolute Gasteiger partial charge is 0.306 e. The van der Waals surface area contributed by atoms with E-state index in [4.69, 9.17) is 5.11 Å². The largest absolute Gasteiger partial charge is 0.481 e. The number of piperidine rings is 1. The summed E-state index contributed by atoms with van der Waals surface area (Å²) >= 11 is 4.82. The number of rotatable bonds is 5. The van der Waals surface area contributed by atoms with Crippen molar-refractivity contribution in [1.82, 2.24) is 9.03 Å². The summed E-state index contributed by atoms with van der Waals surface area (Å²) in [4.78, 5) is 11.8. The number of hydrogen-bond acceptors (Lipinski definition) is 4. The molecule has 0 unspecified atom stereocenters. The zero-order valence-corrected chi connectivity index (χ0v) is 13.8. The Morgan fingerprint density at radius 2 is 2.15 bits per heavy atom. The van der Waals surface area contributed by atoms with E-state index in [2.05, 4.69) is 20.7 Å². The molecule has 6 nitrogen and oxygen atoms in total. The maximum Gasteiger partial charge on any atom is 0.306 e. The second kappa shape index (κ2) is 6.52. The first kappa shape index (κ1) is 15.9. The molecule has 0 bridgehead atoms. The normalized spacial score (nSPS) is 18.2. The van der Waals surface area contributed by atoms with Crippen LogP contribution in [-0.2, 0) is 21.5 Å². The Morgan fingerprint density at radius 3 is 2.65 bits per heavy atom. The molecular formula is C11H15BrN2O4S2. The Balaban J connectivity index is 1.91. The van der Waals surface area contributed by atoms with Gasteiger partial charge in [0.1, 0.15) is 0 Å². The number of nitrogens with one attached hydrogen (secondary N) is 1. The number of carboxylic acids is 1.